The molecular formula is C26H20F6N6O3. The zero-order chi connectivity index (χ0) is 29.6. The third-order valence-corrected chi connectivity index (χ3v) is 6.62. The fraction of sp³-hybridized carbons (Fsp3) is 0.231. The topological polar surface area (TPSA) is 115 Å². The van der Waals surface area contributed by atoms with E-state index in [0.29, 0.717) is 6.07 Å². The Hall–Kier alpha value is -4.82. The highest BCUT2D eigenvalue weighted by Crippen LogP contribution is 2.40. The predicted molar refractivity (Wildman–Crippen MR) is 133 cm³/mol. The van der Waals surface area contributed by atoms with Gasteiger partial charge in [-0.15, -0.1) is 0 Å². The Morgan fingerprint density at radius 1 is 1.10 bits per heavy atom. The lowest BCUT2D eigenvalue weighted by molar-refractivity contribution is -0.136. The lowest BCUT2D eigenvalue weighted by Crippen LogP contribution is -2.42. The number of rotatable bonds is 5. The molecule has 0 unspecified atom stereocenters. The zero-order valence-electron chi connectivity index (χ0n) is 21.0. The van der Waals surface area contributed by atoms with E-state index in [1.165, 1.54) is 12.1 Å². The summed E-state index contributed by atoms with van der Waals surface area (Å²) in [7, 11) is 1.08. The number of aromatic nitrogens is 3. The Bertz CT molecular complexity index is 1660. The summed E-state index contributed by atoms with van der Waals surface area (Å²) in [5.74, 6) is -4.24. The van der Waals surface area contributed by atoms with Crippen LogP contribution in [0.15, 0.2) is 48.8 Å². The van der Waals surface area contributed by atoms with Gasteiger partial charge in [-0.3, -0.25) is 9.59 Å². The molecule has 4 aromatic rings. The molecule has 2 aromatic carbocycles. The molecule has 2 atom stereocenters. The monoisotopic (exact) mass is 578 g/mol. The van der Waals surface area contributed by atoms with E-state index in [2.05, 4.69) is 15.4 Å². The fourth-order valence-electron chi connectivity index (χ4n) is 4.69. The molecule has 1 fully saturated rings. The van der Waals surface area contributed by atoms with E-state index in [-0.39, 0.29) is 29.9 Å². The summed E-state index contributed by atoms with van der Waals surface area (Å²) in [5.41, 5.74) is 3.17. The SMILES string of the molecule is COc1c(F)cc(-c2cc(C(F)(F)F)c3c(N)ncnn23)cc1C(=O)N[C@@H]1CN(C(=O)c2ccc(F)cc2)C[C@@H]1F. The Labute approximate surface area is 227 Å². The Kier molecular flexibility index (Phi) is 6.97. The van der Waals surface area contributed by atoms with Crippen molar-refractivity contribution in [3.8, 4) is 17.0 Å². The minimum atomic E-state index is -4.86. The largest absolute Gasteiger partial charge is 0.493 e. The highest BCUT2D eigenvalue weighted by molar-refractivity contribution is 5.99. The van der Waals surface area contributed by atoms with E-state index in [9.17, 15) is 31.5 Å². The van der Waals surface area contributed by atoms with E-state index < -0.39 is 70.0 Å². The lowest BCUT2D eigenvalue weighted by atomic mass is 10.0. The number of nitrogens with zero attached hydrogens (tertiary/aromatic N) is 4. The van der Waals surface area contributed by atoms with Crippen LogP contribution in [0.5, 0.6) is 5.75 Å². The minimum absolute atomic E-state index is 0.115. The van der Waals surface area contributed by atoms with Gasteiger partial charge < -0.3 is 20.7 Å². The molecule has 5 rings (SSSR count). The maximum atomic E-state index is 15.1. The van der Waals surface area contributed by atoms with Gasteiger partial charge >= 0.3 is 6.18 Å². The van der Waals surface area contributed by atoms with Crippen LogP contribution in [0.25, 0.3) is 16.8 Å². The van der Waals surface area contributed by atoms with Gasteiger partial charge in [0.25, 0.3) is 11.8 Å². The number of amides is 2. The number of anilines is 1. The number of alkyl halides is 4. The smallest absolute Gasteiger partial charge is 0.418 e. The fourth-order valence-corrected chi connectivity index (χ4v) is 4.69. The molecule has 0 aliphatic carbocycles. The van der Waals surface area contributed by atoms with Gasteiger partial charge in [0.05, 0.1) is 36.5 Å². The summed E-state index contributed by atoms with van der Waals surface area (Å²) in [6.07, 6.45) is -5.64. The van der Waals surface area contributed by atoms with Gasteiger partial charge in [-0.25, -0.2) is 22.7 Å². The van der Waals surface area contributed by atoms with E-state index in [0.717, 1.165) is 47.1 Å². The van der Waals surface area contributed by atoms with Crippen LogP contribution in [0.1, 0.15) is 26.3 Å². The molecule has 2 aromatic heterocycles. The predicted octanol–water partition coefficient (Wildman–Crippen LogP) is 3.88. The highest BCUT2D eigenvalue weighted by Gasteiger charge is 2.39. The second-order valence-electron chi connectivity index (χ2n) is 9.20. The van der Waals surface area contributed by atoms with Gasteiger partial charge in [0, 0.05) is 17.7 Å². The second-order valence-corrected chi connectivity index (χ2v) is 9.20. The number of fused-ring (bicyclic) bond motifs is 1. The number of nitrogens with two attached hydrogens (primary N) is 1. The number of likely N-dealkylation sites (tertiary alicyclic amines) is 1. The Balaban J connectivity index is 1.46. The summed E-state index contributed by atoms with van der Waals surface area (Å²) in [4.78, 5) is 30.7. The van der Waals surface area contributed by atoms with Crippen LogP contribution in [-0.4, -0.2) is 63.7 Å². The number of carbonyl (C=O) groups excluding carboxylic acids is 2. The highest BCUT2D eigenvalue weighted by atomic mass is 19.4. The number of hydrogen-bond acceptors (Lipinski definition) is 6. The molecule has 41 heavy (non-hydrogen) atoms. The van der Waals surface area contributed by atoms with E-state index in [4.69, 9.17) is 10.5 Å². The van der Waals surface area contributed by atoms with Gasteiger partial charge in [0.15, 0.2) is 17.4 Å². The molecule has 0 spiro atoms. The summed E-state index contributed by atoms with van der Waals surface area (Å²) in [5, 5.41) is 6.21. The quantitative estimate of drug-likeness (QED) is 0.348. The first-order chi connectivity index (χ1) is 19.4. The molecule has 1 aliphatic rings. The van der Waals surface area contributed by atoms with Crippen LogP contribution in [0.4, 0.5) is 32.2 Å². The first kappa shape index (κ1) is 27.7. The number of carbonyl (C=O) groups is 2. The summed E-state index contributed by atoms with van der Waals surface area (Å²) >= 11 is 0. The molecule has 2 amide bonds. The molecule has 1 aliphatic heterocycles. The number of nitrogen functional groups attached to an aromatic ring is 1. The van der Waals surface area contributed by atoms with Crippen molar-refractivity contribution >= 4 is 23.1 Å². The van der Waals surface area contributed by atoms with Crippen molar-refractivity contribution in [2.75, 3.05) is 25.9 Å². The molecule has 0 radical (unpaired) electrons. The summed E-state index contributed by atoms with van der Waals surface area (Å²) in [6, 6.07) is 6.05. The second kappa shape index (κ2) is 10.3. The summed E-state index contributed by atoms with van der Waals surface area (Å²) < 4.78 is 90.3. The average molecular weight is 578 g/mol. The van der Waals surface area contributed by atoms with E-state index >= 15 is 4.39 Å². The number of methoxy groups -OCH3 is 1. The molecule has 0 bridgehead atoms. The van der Waals surface area contributed by atoms with Crippen molar-refractivity contribution in [2.24, 2.45) is 0 Å². The third kappa shape index (κ3) is 5.10. The van der Waals surface area contributed by atoms with Gasteiger partial charge in [-0.1, -0.05) is 0 Å². The van der Waals surface area contributed by atoms with E-state index in [1.54, 1.807) is 0 Å². The van der Waals surface area contributed by atoms with Crippen LogP contribution >= 0.6 is 0 Å². The minimum Gasteiger partial charge on any atom is -0.493 e. The van der Waals surface area contributed by atoms with Crippen molar-refractivity contribution in [2.45, 2.75) is 18.4 Å². The first-order valence-corrected chi connectivity index (χ1v) is 12.0. The maximum Gasteiger partial charge on any atom is 0.418 e. The molecule has 3 N–H and O–H groups in total. The van der Waals surface area contributed by atoms with Crippen molar-refractivity contribution in [1.82, 2.24) is 24.8 Å². The van der Waals surface area contributed by atoms with Crippen LogP contribution in [-0.2, 0) is 6.18 Å². The Morgan fingerprint density at radius 3 is 2.46 bits per heavy atom. The third-order valence-electron chi connectivity index (χ3n) is 6.62. The summed E-state index contributed by atoms with van der Waals surface area (Å²) in [6.45, 7) is -0.619. The van der Waals surface area contributed by atoms with Crippen molar-refractivity contribution in [3.05, 3.63) is 77.1 Å². The zero-order valence-corrected chi connectivity index (χ0v) is 21.0. The number of ether oxygens (including phenoxy) is 1. The van der Waals surface area contributed by atoms with Crippen molar-refractivity contribution < 1.29 is 40.7 Å². The van der Waals surface area contributed by atoms with Crippen LogP contribution in [0.2, 0.25) is 0 Å². The molecule has 1 saturated heterocycles. The molecule has 15 heteroatoms. The number of hydrogen-bond donors (Lipinski definition) is 2. The number of benzene rings is 2. The standard InChI is InChI=1S/C26H20F6N6O3/c1-41-22-15(24(39)36-19-10-37(9-18(19)29)25(40)12-2-4-14(27)5-3-12)6-13(7-17(22)28)20-8-16(26(30,31)32)21-23(33)34-11-35-38(20)21/h2-8,11,18-19H,9-10H2,1H3,(H,36,39)(H2,33,34,35)/t18-,19+/m0/s1. The van der Waals surface area contributed by atoms with Gasteiger partial charge in [0.2, 0.25) is 0 Å². The van der Waals surface area contributed by atoms with Crippen LogP contribution in [0.3, 0.4) is 0 Å². The van der Waals surface area contributed by atoms with Gasteiger partial charge in [0.1, 0.15) is 23.8 Å². The molecule has 0 saturated carbocycles. The molecule has 3 heterocycles. The average Bonchev–Trinajstić information content (AvgIpc) is 3.50. The Morgan fingerprint density at radius 2 is 1.80 bits per heavy atom. The van der Waals surface area contributed by atoms with Crippen molar-refractivity contribution in [1.29, 1.82) is 0 Å². The van der Waals surface area contributed by atoms with Gasteiger partial charge in [-0.2, -0.15) is 18.3 Å². The normalized spacial score (nSPS) is 17.2. The molecular weight excluding hydrogens is 558 g/mol. The van der Waals surface area contributed by atoms with Gasteiger partial charge in [-0.05, 0) is 42.5 Å². The molecule has 214 valence electrons. The lowest BCUT2D eigenvalue weighted by Gasteiger charge is -2.18. The number of nitrogens with one attached hydrogen (secondary N) is 1. The van der Waals surface area contributed by atoms with Crippen LogP contribution in [0, 0.1) is 11.6 Å². The van der Waals surface area contributed by atoms with E-state index in [1.807, 2.05) is 0 Å². The van der Waals surface area contributed by atoms with Crippen LogP contribution < -0.4 is 15.8 Å². The molecule has 9 nitrogen and oxygen atoms in total. The van der Waals surface area contributed by atoms with Crippen molar-refractivity contribution in [3.63, 3.8) is 0 Å². The maximum absolute atomic E-state index is 15.1. The number of halogens is 6. The first-order valence-electron chi connectivity index (χ1n) is 12.0.